The van der Waals surface area contributed by atoms with E-state index in [1.54, 1.807) is 29.2 Å². The number of ether oxygens (including phenoxy) is 1. The fourth-order valence-electron chi connectivity index (χ4n) is 1.96. The maximum Gasteiger partial charge on any atom is 0.226 e. The molecule has 1 aliphatic rings. The minimum absolute atomic E-state index is 0.108. The van der Waals surface area contributed by atoms with E-state index in [4.69, 9.17) is 22.1 Å². The van der Waals surface area contributed by atoms with Crippen molar-refractivity contribution in [2.75, 3.05) is 19.7 Å². The van der Waals surface area contributed by atoms with Crippen LogP contribution in [0.2, 0.25) is 5.02 Å². The Kier molecular flexibility index (Phi) is 4.44. The summed E-state index contributed by atoms with van der Waals surface area (Å²) < 4.78 is 5.48. The first-order chi connectivity index (χ1) is 8.65. The molecule has 18 heavy (non-hydrogen) atoms. The first kappa shape index (κ1) is 13.2. The molecule has 0 spiro atoms. The van der Waals surface area contributed by atoms with Gasteiger partial charge in [0.25, 0.3) is 0 Å². The van der Waals surface area contributed by atoms with Gasteiger partial charge in [-0.1, -0.05) is 11.6 Å². The molecule has 2 rings (SSSR count). The third-order valence-corrected chi connectivity index (χ3v) is 3.23. The average molecular weight is 269 g/mol. The molecular formula is C13H17ClN2O2. The van der Waals surface area contributed by atoms with Crippen LogP contribution in [0.25, 0.3) is 0 Å². The van der Waals surface area contributed by atoms with Crippen molar-refractivity contribution < 1.29 is 9.53 Å². The molecular weight excluding hydrogens is 252 g/mol. The van der Waals surface area contributed by atoms with Crippen LogP contribution in [0, 0.1) is 0 Å². The molecule has 1 aromatic rings. The summed E-state index contributed by atoms with van der Waals surface area (Å²) in [4.78, 5) is 13.6. The summed E-state index contributed by atoms with van der Waals surface area (Å²) in [5.74, 6) is 0.835. The van der Waals surface area contributed by atoms with Gasteiger partial charge in [0.05, 0.1) is 13.0 Å². The molecule has 1 heterocycles. The monoisotopic (exact) mass is 268 g/mol. The van der Waals surface area contributed by atoms with Crippen molar-refractivity contribution >= 4 is 17.5 Å². The Morgan fingerprint density at radius 1 is 1.44 bits per heavy atom. The maximum absolute atomic E-state index is 11.8. The van der Waals surface area contributed by atoms with E-state index >= 15 is 0 Å². The predicted octanol–water partition coefficient (Wildman–Crippen LogP) is 1.67. The highest BCUT2D eigenvalue weighted by atomic mass is 35.5. The lowest BCUT2D eigenvalue weighted by atomic mass is 10.3. The summed E-state index contributed by atoms with van der Waals surface area (Å²) in [5.41, 5.74) is 5.76. The lowest BCUT2D eigenvalue weighted by molar-refractivity contribution is -0.130. The second-order valence-electron chi connectivity index (χ2n) is 4.44. The number of amides is 1. The molecule has 1 unspecified atom stereocenters. The van der Waals surface area contributed by atoms with Crippen LogP contribution in [0.15, 0.2) is 24.3 Å². The number of halogens is 1. The van der Waals surface area contributed by atoms with Crippen LogP contribution in [0.4, 0.5) is 0 Å². The summed E-state index contributed by atoms with van der Waals surface area (Å²) in [5, 5.41) is 0.671. The van der Waals surface area contributed by atoms with Gasteiger partial charge in [0, 0.05) is 24.2 Å². The highest BCUT2D eigenvalue weighted by molar-refractivity contribution is 6.30. The highest BCUT2D eigenvalue weighted by Crippen LogP contribution is 2.16. The number of carbonyl (C=O) groups excluding carboxylic acids is 1. The van der Waals surface area contributed by atoms with Gasteiger partial charge in [-0.05, 0) is 30.7 Å². The number of carbonyl (C=O) groups is 1. The van der Waals surface area contributed by atoms with Gasteiger partial charge in [0.1, 0.15) is 5.75 Å². The standard InChI is InChI=1S/C13H17ClN2O2/c14-10-1-3-12(4-2-10)18-8-6-13(17)16-7-5-11(15)9-16/h1-4,11H,5-9,15H2. The number of nitrogens with zero attached hydrogens (tertiary/aromatic N) is 1. The molecule has 2 N–H and O–H groups in total. The molecule has 1 aromatic carbocycles. The third-order valence-electron chi connectivity index (χ3n) is 2.98. The van der Waals surface area contributed by atoms with E-state index in [0.29, 0.717) is 24.6 Å². The minimum Gasteiger partial charge on any atom is -0.493 e. The van der Waals surface area contributed by atoms with E-state index in [0.717, 1.165) is 18.7 Å². The van der Waals surface area contributed by atoms with Crippen LogP contribution in [-0.4, -0.2) is 36.5 Å². The van der Waals surface area contributed by atoms with Crippen molar-refractivity contribution in [2.45, 2.75) is 18.9 Å². The number of benzene rings is 1. The molecule has 0 aromatic heterocycles. The largest absolute Gasteiger partial charge is 0.493 e. The Morgan fingerprint density at radius 2 is 2.17 bits per heavy atom. The van der Waals surface area contributed by atoms with Gasteiger partial charge in [-0.2, -0.15) is 0 Å². The number of rotatable bonds is 4. The van der Waals surface area contributed by atoms with Gasteiger partial charge < -0.3 is 15.4 Å². The Balaban J connectivity index is 1.72. The highest BCUT2D eigenvalue weighted by Gasteiger charge is 2.22. The van der Waals surface area contributed by atoms with Crippen LogP contribution in [0.3, 0.4) is 0 Å². The van der Waals surface area contributed by atoms with E-state index < -0.39 is 0 Å². The summed E-state index contributed by atoms with van der Waals surface area (Å²) in [6, 6.07) is 7.24. The SMILES string of the molecule is NC1CCN(C(=O)CCOc2ccc(Cl)cc2)C1. The molecule has 1 fully saturated rings. The zero-order valence-electron chi connectivity index (χ0n) is 10.1. The van der Waals surface area contributed by atoms with Crippen LogP contribution >= 0.6 is 11.6 Å². The molecule has 1 atom stereocenters. The number of hydrogen-bond donors (Lipinski definition) is 1. The first-order valence-corrected chi connectivity index (χ1v) is 6.44. The minimum atomic E-state index is 0.108. The van der Waals surface area contributed by atoms with Gasteiger partial charge in [-0.15, -0.1) is 0 Å². The van der Waals surface area contributed by atoms with Gasteiger partial charge >= 0.3 is 0 Å². The van der Waals surface area contributed by atoms with Gasteiger partial charge in [0.15, 0.2) is 0 Å². The smallest absolute Gasteiger partial charge is 0.226 e. The Hall–Kier alpha value is -1.26. The topological polar surface area (TPSA) is 55.6 Å². The van der Waals surface area contributed by atoms with Crippen LogP contribution in [0.1, 0.15) is 12.8 Å². The van der Waals surface area contributed by atoms with Crippen molar-refractivity contribution in [3.05, 3.63) is 29.3 Å². The van der Waals surface area contributed by atoms with E-state index in [1.165, 1.54) is 0 Å². The van der Waals surface area contributed by atoms with E-state index in [2.05, 4.69) is 0 Å². The quantitative estimate of drug-likeness (QED) is 0.904. The molecule has 1 saturated heterocycles. The molecule has 98 valence electrons. The molecule has 5 heteroatoms. The van der Waals surface area contributed by atoms with Gasteiger partial charge in [-0.25, -0.2) is 0 Å². The molecule has 0 saturated carbocycles. The molecule has 4 nitrogen and oxygen atoms in total. The molecule has 1 aliphatic heterocycles. The second-order valence-corrected chi connectivity index (χ2v) is 4.88. The zero-order chi connectivity index (χ0) is 13.0. The molecule has 0 bridgehead atoms. The number of nitrogens with two attached hydrogens (primary N) is 1. The maximum atomic E-state index is 11.8. The summed E-state index contributed by atoms with van der Waals surface area (Å²) in [6.07, 6.45) is 1.28. The van der Waals surface area contributed by atoms with Crippen molar-refractivity contribution in [3.8, 4) is 5.75 Å². The Labute approximate surface area is 112 Å². The first-order valence-electron chi connectivity index (χ1n) is 6.07. The fourth-order valence-corrected chi connectivity index (χ4v) is 2.08. The predicted molar refractivity (Wildman–Crippen MR) is 70.7 cm³/mol. The van der Waals surface area contributed by atoms with Crippen LogP contribution < -0.4 is 10.5 Å². The van der Waals surface area contributed by atoms with Gasteiger partial charge in [0.2, 0.25) is 5.91 Å². The second kappa shape index (κ2) is 6.07. The van der Waals surface area contributed by atoms with Crippen molar-refractivity contribution in [1.29, 1.82) is 0 Å². The normalized spacial score (nSPS) is 19.0. The lowest BCUT2D eigenvalue weighted by Gasteiger charge is -2.15. The van der Waals surface area contributed by atoms with Crippen LogP contribution in [-0.2, 0) is 4.79 Å². The number of hydrogen-bond acceptors (Lipinski definition) is 3. The third kappa shape index (κ3) is 3.62. The van der Waals surface area contributed by atoms with E-state index in [-0.39, 0.29) is 11.9 Å². The van der Waals surface area contributed by atoms with E-state index in [1.807, 2.05) is 0 Å². The lowest BCUT2D eigenvalue weighted by Crippen LogP contribution is -2.32. The fraction of sp³-hybridized carbons (Fsp3) is 0.462. The Morgan fingerprint density at radius 3 is 2.78 bits per heavy atom. The van der Waals surface area contributed by atoms with Crippen molar-refractivity contribution in [1.82, 2.24) is 4.90 Å². The summed E-state index contributed by atoms with van der Waals surface area (Å²) in [7, 11) is 0. The van der Waals surface area contributed by atoms with Crippen LogP contribution in [0.5, 0.6) is 5.75 Å². The van der Waals surface area contributed by atoms with E-state index in [9.17, 15) is 4.79 Å². The van der Waals surface area contributed by atoms with Gasteiger partial charge in [-0.3, -0.25) is 4.79 Å². The molecule has 0 aliphatic carbocycles. The van der Waals surface area contributed by atoms with Crippen molar-refractivity contribution in [2.24, 2.45) is 5.73 Å². The summed E-state index contributed by atoms with van der Waals surface area (Å²) >= 11 is 5.77. The average Bonchev–Trinajstić information content (AvgIpc) is 2.78. The Bertz CT molecular complexity index is 408. The number of likely N-dealkylation sites (tertiary alicyclic amines) is 1. The molecule has 0 radical (unpaired) electrons. The summed E-state index contributed by atoms with van der Waals surface area (Å²) in [6.45, 7) is 1.81. The zero-order valence-corrected chi connectivity index (χ0v) is 10.9. The van der Waals surface area contributed by atoms with Crippen molar-refractivity contribution in [3.63, 3.8) is 0 Å². The molecule has 1 amide bonds.